The molecule has 5 N–H and O–H groups in total. The van der Waals surface area contributed by atoms with Gasteiger partial charge in [-0.05, 0) is 67.9 Å². The highest BCUT2D eigenvalue weighted by Gasteiger charge is 2.33. The third-order valence-corrected chi connectivity index (χ3v) is 11.0. The molecule has 6 aromatic heterocycles. The fraction of sp³-hybridized carbons (Fsp3) is 0.231. The zero-order valence-corrected chi connectivity index (χ0v) is 39.2. The standard InChI is InChI=1S/C21H20N6O.C18H16N6O.C10H8N2.C3H7BO2/c1-14-11-23-21(25-17-12-24-27(13-17)18-8-9-18)26-20(14)16-6-4-15(5-7-16)19(28)3-2-10-22;1-12-9-20-18(23-15-10-21-22-11-15)24-17(12)14-6-4-13(5-7-14)16(25)3-2-8-19;1-3-7-11-9(5-1)10-6-2-4-8-12-10;5-4(6)3-1-2-3/h4-7,11-13,18H,2-3,8-9H2,1H3,(H,23,25,26);4-7,9-11H,2-3H2,1H3,(H,21,22)(H,20,23,24);1-8H;3,5-6H,1-2H2. The van der Waals surface area contributed by atoms with E-state index in [2.05, 4.69) is 55.8 Å². The van der Waals surface area contributed by atoms with Crippen LogP contribution >= 0.6 is 0 Å². The third-order valence-electron chi connectivity index (χ3n) is 11.0. The minimum atomic E-state index is -1.04. The second kappa shape index (κ2) is 25.0. The van der Waals surface area contributed by atoms with Crippen LogP contribution in [0, 0.1) is 36.5 Å². The number of nitrogens with one attached hydrogen (secondary N) is 3. The van der Waals surface area contributed by atoms with Crippen molar-refractivity contribution >= 4 is 42.0 Å². The summed E-state index contributed by atoms with van der Waals surface area (Å²) < 4.78 is 1.97. The summed E-state index contributed by atoms with van der Waals surface area (Å²) in [5.41, 5.74) is 9.95. The molecule has 2 aliphatic carbocycles. The molecule has 0 unspecified atom stereocenters. The van der Waals surface area contributed by atoms with Gasteiger partial charge in [-0.2, -0.15) is 20.7 Å². The number of nitrogens with zero attached hydrogens (tertiary/aromatic N) is 11. The lowest BCUT2D eigenvalue weighted by Crippen LogP contribution is -2.09. The number of pyridine rings is 2. The summed E-state index contributed by atoms with van der Waals surface area (Å²) in [6.45, 7) is 3.89. The molecule has 2 fully saturated rings. The molecule has 0 amide bonds. The zero-order valence-electron chi connectivity index (χ0n) is 39.2. The van der Waals surface area contributed by atoms with Gasteiger partial charge in [0.2, 0.25) is 11.9 Å². The van der Waals surface area contributed by atoms with Crippen LogP contribution < -0.4 is 10.6 Å². The van der Waals surface area contributed by atoms with Gasteiger partial charge in [-0.25, -0.2) is 19.9 Å². The van der Waals surface area contributed by atoms with Crippen molar-refractivity contribution < 1.29 is 19.6 Å². The van der Waals surface area contributed by atoms with Crippen molar-refractivity contribution in [2.75, 3.05) is 10.6 Å². The van der Waals surface area contributed by atoms with Crippen LogP contribution in [0.25, 0.3) is 33.9 Å². The number of H-pyrrole nitrogens is 1. The molecule has 0 atom stereocenters. The number of benzene rings is 2. The summed E-state index contributed by atoms with van der Waals surface area (Å²) in [5.74, 6) is 1.13. The summed E-state index contributed by atoms with van der Waals surface area (Å²) in [6, 6.07) is 30.7. The van der Waals surface area contributed by atoms with Gasteiger partial charge in [-0.3, -0.25) is 29.3 Å². The largest absolute Gasteiger partial charge is 0.454 e. The van der Waals surface area contributed by atoms with E-state index in [4.69, 9.17) is 20.6 Å². The van der Waals surface area contributed by atoms with Gasteiger partial charge >= 0.3 is 7.12 Å². The van der Waals surface area contributed by atoms with Crippen LogP contribution in [0.4, 0.5) is 23.3 Å². The normalized spacial score (nSPS) is 12.2. The number of aromatic amines is 1. The summed E-state index contributed by atoms with van der Waals surface area (Å²) >= 11 is 0. The number of hydrogen-bond acceptors (Lipinski definition) is 16. The van der Waals surface area contributed by atoms with Crippen molar-refractivity contribution in [1.82, 2.24) is 49.9 Å². The van der Waals surface area contributed by atoms with Crippen LogP contribution in [-0.4, -0.2) is 78.6 Å². The molecule has 356 valence electrons. The predicted molar refractivity (Wildman–Crippen MR) is 269 cm³/mol. The van der Waals surface area contributed by atoms with Gasteiger partial charge in [0.15, 0.2) is 11.6 Å². The van der Waals surface area contributed by atoms with E-state index < -0.39 is 7.12 Å². The van der Waals surface area contributed by atoms with E-state index in [-0.39, 0.29) is 43.1 Å². The lowest BCUT2D eigenvalue weighted by Gasteiger charge is -2.09. The molecule has 0 spiro atoms. The van der Waals surface area contributed by atoms with E-state index in [0.29, 0.717) is 29.1 Å². The van der Waals surface area contributed by atoms with Crippen LogP contribution in [0.15, 0.2) is 135 Å². The predicted octanol–water partition coefficient (Wildman–Crippen LogP) is 9.39. The molecular weight excluding hydrogens is 895 g/mol. The molecule has 0 aliphatic heterocycles. The Kier molecular flexibility index (Phi) is 17.7. The van der Waals surface area contributed by atoms with Crippen molar-refractivity contribution in [3.63, 3.8) is 0 Å². The Hall–Kier alpha value is -8.78. The Bertz CT molecular complexity index is 3020. The van der Waals surface area contributed by atoms with Gasteiger partial charge in [0.25, 0.3) is 0 Å². The molecule has 0 bridgehead atoms. The molecule has 0 radical (unpaired) electrons. The third kappa shape index (κ3) is 15.1. The Morgan fingerprint density at radius 1 is 0.676 bits per heavy atom. The van der Waals surface area contributed by atoms with Crippen molar-refractivity contribution in [3.05, 3.63) is 157 Å². The van der Waals surface area contributed by atoms with E-state index in [1.54, 1.807) is 67.6 Å². The Balaban J connectivity index is 0.000000156. The number of aromatic nitrogens is 10. The van der Waals surface area contributed by atoms with Crippen LogP contribution in [0.5, 0.6) is 0 Å². The lowest BCUT2D eigenvalue weighted by molar-refractivity contribution is 0.0976. The molecule has 71 heavy (non-hydrogen) atoms. The molecule has 2 saturated carbocycles. The monoisotopic (exact) mass is 946 g/mol. The number of rotatable bonds is 15. The maximum atomic E-state index is 12.0. The number of ketones is 2. The number of nitriles is 2. The van der Waals surface area contributed by atoms with Gasteiger partial charge in [-0.15, -0.1) is 0 Å². The molecule has 6 heterocycles. The van der Waals surface area contributed by atoms with Crippen LogP contribution in [-0.2, 0) is 0 Å². The second-order valence-electron chi connectivity index (χ2n) is 16.6. The molecule has 10 rings (SSSR count). The van der Waals surface area contributed by atoms with E-state index in [1.807, 2.05) is 97.5 Å². The average Bonchev–Trinajstić information content (AvgIpc) is 4.35. The molecule has 18 nitrogen and oxygen atoms in total. The Morgan fingerprint density at radius 2 is 1.18 bits per heavy atom. The minimum Gasteiger partial charge on any atom is -0.427 e. The fourth-order valence-electron chi connectivity index (χ4n) is 6.79. The van der Waals surface area contributed by atoms with Gasteiger partial charge in [0.05, 0.1) is 64.7 Å². The fourth-order valence-corrected chi connectivity index (χ4v) is 6.79. The van der Waals surface area contributed by atoms with Gasteiger partial charge in [0.1, 0.15) is 0 Å². The highest BCUT2D eigenvalue weighted by molar-refractivity contribution is 6.44. The number of aryl methyl sites for hydroxylation is 2. The molecule has 2 aliphatic rings. The van der Waals surface area contributed by atoms with Crippen LogP contribution in [0.1, 0.15) is 89.3 Å². The highest BCUT2D eigenvalue weighted by Crippen LogP contribution is 2.37. The number of carbonyl (C=O) groups is 2. The van der Waals surface area contributed by atoms with Crippen LogP contribution in [0.2, 0.25) is 5.82 Å². The summed E-state index contributed by atoms with van der Waals surface area (Å²) in [6.07, 6.45) is 19.5. The van der Waals surface area contributed by atoms with Gasteiger partial charge in [-0.1, -0.05) is 73.5 Å². The quantitative estimate of drug-likeness (QED) is 0.0473. The number of anilines is 4. The van der Waals surface area contributed by atoms with Crippen molar-refractivity contribution in [1.29, 1.82) is 10.5 Å². The van der Waals surface area contributed by atoms with E-state index >= 15 is 0 Å². The summed E-state index contributed by atoms with van der Waals surface area (Å²) in [7, 11) is -1.04. The highest BCUT2D eigenvalue weighted by atomic mass is 16.4. The Morgan fingerprint density at radius 3 is 1.58 bits per heavy atom. The van der Waals surface area contributed by atoms with E-state index in [9.17, 15) is 9.59 Å². The van der Waals surface area contributed by atoms with E-state index in [0.717, 1.165) is 69.2 Å². The molecule has 8 aromatic rings. The Labute approximate surface area is 411 Å². The van der Waals surface area contributed by atoms with Crippen molar-refractivity contribution in [2.45, 2.75) is 77.1 Å². The molecule has 2 aromatic carbocycles. The minimum absolute atomic E-state index is 0.0254. The number of Topliss-reactive ketones (excluding diaryl/α,β-unsaturated/α-hetero) is 2. The molecular formula is C52H51BN14O4. The zero-order chi connectivity index (χ0) is 50.0. The van der Waals surface area contributed by atoms with Gasteiger partial charge in [0, 0.05) is 85.1 Å². The first kappa shape index (κ1) is 50.1. The maximum Gasteiger partial charge on any atom is 0.454 e. The number of hydrogen-bond donors (Lipinski definition) is 5. The van der Waals surface area contributed by atoms with Gasteiger partial charge < -0.3 is 20.7 Å². The first-order valence-corrected chi connectivity index (χ1v) is 23.0. The molecule has 19 heteroatoms. The first-order valence-electron chi connectivity index (χ1n) is 23.0. The number of carbonyl (C=O) groups excluding carboxylic acids is 2. The SMILES string of the molecule is Cc1cnc(Nc2cn[nH]c2)nc1-c1ccc(C(=O)CCC#N)cc1.Cc1cnc(Nc2cnn(C3CC3)c2)nc1-c1ccc(C(=O)CCC#N)cc1.OB(O)C1CC1.c1ccc(-c2ccccn2)nc1. The maximum absolute atomic E-state index is 12.0. The lowest BCUT2D eigenvalue weighted by atomic mass is 9.84. The smallest absolute Gasteiger partial charge is 0.427 e. The first-order chi connectivity index (χ1) is 34.6. The van der Waals surface area contributed by atoms with E-state index in [1.165, 1.54) is 12.8 Å². The average molecular weight is 947 g/mol. The summed E-state index contributed by atoms with van der Waals surface area (Å²) in [4.78, 5) is 50.2. The van der Waals surface area contributed by atoms with Crippen molar-refractivity contribution in [2.24, 2.45) is 0 Å². The summed E-state index contributed by atoms with van der Waals surface area (Å²) in [5, 5.41) is 50.9. The second-order valence-corrected chi connectivity index (χ2v) is 16.6. The van der Waals surface area contributed by atoms with Crippen molar-refractivity contribution in [3.8, 4) is 46.0 Å². The van der Waals surface area contributed by atoms with Crippen LogP contribution in [0.3, 0.4) is 0 Å². The molecule has 0 saturated heterocycles. The topological polar surface area (TPSA) is 270 Å².